The minimum Gasteiger partial charge on any atom is -0.387 e. The summed E-state index contributed by atoms with van der Waals surface area (Å²) in [7, 11) is -16.8. The van der Waals surface area contributed by atoms with Gasteiger partial charge in [0.15, 0.2) is 17.4 Å². The van der Waals surface area contributed by atoms with Crippen molar-refractivity contribution in [3.8, 4) is 12.3 Å². The molecule has 33 heavy (non-hydrogen) atoms. The molecular weight excluding hydrogens is 513 g/mol. The van der Waals surface area contributed by atoms with E-state index in [-0.39, 0.29) is 17.1 Å². The summed E-state index contributed by atoms with van der Waals surface area (Å²) in [5, 5.41) is 10.6. The van der Waals surface area contributed by atoms with Crippen molar-refractivity contribution < 1.29 is 56.3 Å². The molecule has 0 aliphatic carbocycles. The minimum atomic E-state index is -5.73. The Morgan fingerprint density at radius 3 is 2.48 bits per heavy atom. The summed E-state index contributed by atoms with van der Waals surface area (Å²) in [4.78, 5) is 47.7. The van der Waals surface area contributed by atoms with Crippen molar-refractivity contribution in [2.45, 2.75) is 24.0 Å². The minimum absolute atomic E-state index is 0.115. The number of hydrogen-bond donors (Lipinski definition) is 7. The van der Waals surface area contributed by atoms with Gasteiger partial charge in [-0.3, -0.25) is 9.09 Å². The summed E-state index contributed by atoms with van der Waals surface area (Å²) in [6.07, 6.45) is 3.44. The van der Waals surface area contributed by atoms with Crippen molar-refractivity contribution in [1.82, 2.24) is 19.5 Å². The standard InChI is InChI=1S/C12H17N6O12P3/c1-2-12(14)8(19)7(4-27-32(23,24)30-33(25,26)29-31(20,21)22)28-10(12)18-5-16-6-3-15-11(13)17-9(6)18/h1,3,5,7-8,10,19H,4,14H2,(H,23,24)(H,25,26)(H2,13,15,17)(H2,20,21,22)/t7?,8-,10+,12+/m0/s1. The quantitative estimate of drug-likeness (QED) is 0.148. The highest BCUT2D eigenvalue weighted by Crippen LogP contribution is 2.66. The number of phosphoric ester groups is 1. The van der Waals surface area contributed by atoms with E-state index in [9.17, 15) is 28.6 Å². The monoisotopic (exact) mass is 530 g/mol. The molecule has 1 aliphatic heterocycles. The summed E-state index contributed by atoms with van der Waals surface area (Å²) < 4.78 is 52.5. The van der Waals surface area contributed by atoms with Crippen LogP contribution in [0.4, 0.5) is 5.95 Å². The molecule has 2 aromatic rings. The summed E-state index contributed by atoms with van der Waals surface area (Å²) in [6.45, 7) is -0.980. The number of anilines is 1. The average Bonchev–Trinajstić information content (AvgIpc) is 3.16. The molecule has 1 aliphatic rings. The maximum Gasteiger partial charge on any atom is 0.490 e. The molecule has 2 aromatic heterocycles. The van der Waals surface area contributed by atoms with Crippen molar-refractivity contribution in [2.24, 2.45) is 5.73 Å². The first-order valence-electron chi connectivity index (χ1n) is 8.40. The highest BCUT2D eigenvalue weighted by molar-refractivity contribution is 7.66. The van der Waals surface area contributed by atoms with Crippen LogP contribution in [0.2, 0.25) is 0 Å². The third-order valence-corrected chi connectivity index (χ3v) is 8.01. The van der Waals surface area contributed by atoms with Crippen molar-refractivity contribution in [2.75, 3.05) is 12.3 Å². The molecule has 3 rings (SSSR count). The van der Waals surface area contributed by atoms with Crippen LogP contribution in [0.15, 0.2) is 12.5 Å². The Labute approximate surface area is 183 Å². The van der Waals surface area contributed by atoms with E-state index in [1.165, 1.54) is 17.1 Å². The van der Waals surface area contributed by atoms with E-state index < -0.39 is 54.0 Å². The van der Waals surface area contributed by atoms with E-state index in [4.69, 9.17) is 32.4 Å². The van der Waals surface area contributed by atoms with Gasteiger partial charge in [0.05, 0.1) is 19.1 Å². The Hall–Kier alpha value is -1.80. The number of nitrogens with two attached hydrogens (primary N) is 2. The number of phosphoric acid groups is 3. The van der Waals surface area contributed by atoms with Gasteiger partial charge in [-0.05, 0) is 0 Å². The number of rotatable bonds is 8. The van der Waals surface area contributed by atoms with Crippen molar-refractivity contribution >= 4 is 40.6 Å². The SMILES string of the molecule is C#C[C@@]1(N)[C@@H](O)C(COP(=O)(O)OP(=O)(O)OP(=O)(O)O)O[C@H]1n1cnc2cnc(N)nc21. The summed E-state index contributed by atoms with van der Waals surface area (Å²) in [5.41, 5.74) is 10.2. The molecule has 0 amide bonds. The van der Waals surface area contributed by atoms with Crippen LogP contribution in [0.5, 0.6) is 0 Å². The molecule has 1 fully saturated rings. The number of ether oxygens (including phenoxy) is 1. The Morgan fingerprint density at radius 1 is 1.21 bits per heavy atom. The second-order valence-electron chi connectivity index (χ2n) is 6.52. The van der Waals surface area contributed by atoms with Gasteiger partial charge in [-0.15, -0.1) is 6.42 Å². The topological polar surface area (TPSA) is 285 Å². The van der Waals surface area contributed by atoms with E-state index >= 15 is 0 Å². The van der Waals surface area contributed by atoms with E-state index in [0.717, 1.165) is 0 Å². The number of aromatic nitrogens is 4. The molecule has 3 heterocycles. The molecule has 0 radical (unpaired) electrons. The molecule has 3 unspecified atom stereocenters. The predicted molar refractivity (Wildman–Crippen MR) is 105 cm³/mol. The van der Waals surface area contributed by atoms with Gasteiger partial charge < -0.3 is 40.9 Å². The zero-order valence-electron chi connectivity index (χ0n) is 16.1. The van der Waals surface area contributed by atoms with Gasteiger partial charge in [0.1, 0.15) is 17.7 Å². The third kappa shape index (κ3) is 5.65. The summed E-state index contributed by atoms with van der Waals surface area (Å²) >= 11 is 0. The third-order valence-electron chi connectivity index (χ3n) is 4.21. The Kier molecular flexibility index (Phi) is 6.86. The highest BCUT2D eigenvalue weighted by atomic mass is 31.3. The summed E-state index contributed by atoms with van der Waals surface area (Å²) in [6, 6.07) is 0. The number of imidazole rings is 1. The van der Waals surface area contributed by atoms with Gasteiger partial charge in [0, 0.05) is 0 Å². The van der Waals surface area contributed by atoms with Crippen molar-refractivity contribution in [3.05, 3.63) is 12.5 Å². The first-order chi connectivity index (χ1) is 15.1. The van der Waals surface area contributed by atoms with Crippen LogP contribution in [-0.4, -0.2) is 68.6 Å². The summed E-state index contributed by atoms with van der Waals surface area (Å²) in [5.74, 6) is 2.05. The van der Waals surface area contributed by atoms with E-state index in [2.05, 4.69) is 34.0 Å². The van der Waals surface area contributed by atoms with Crippen LogP contribution in [0.1, 0.15) is 6.23 Å². The molecule has 1 saturated heterocycles. The molecule has 21 heteroatoms. The maximum absolute atomic E-state index is 11.9. The molecule has 0 saturated carbocycles. The number of fused-ring (bicyclic) bond motifs is 1. The van der Waals surface area contributed by atoms with Crippen molar-refractivity contribution in [3.63, 3.8) is 0 Å². The fourth-order valence-electron chi connectivity index (χ4n) is 2.87. The molecule has 6 atom stereocenters. The van der Waals surface area contributed by atoms with Gasteiger partial charge >= 0.3 is 23.5 Å². The number of hydrogen-bond acceptors (Lipinski definition) is 13. The van der Waals surface area contributed by atoms with Gasteiger partial charge in [-0.1, -0.05) is 5.92 Å². The van der Waals surface area contributed by atoms with Gasteiger partial charge in [-0.2, -0.15) is 13.6 Å². The second-order valence-corrected chi connectivity index (χ2v) is 10.9. The fourth-order valence-corrected chi connectivity index (χ4v) is 5.90. The van der Waals surface area contributed by atoms with Crippen LogP contribution in [0.25, 0.3) is 11.2 Å². The second kappa shape index (κ2) is 8.77. The maximum atomic E-state index is 11.9. The highest BCUT2D eigenvalue weighted by Gasteiger charge is 2.55. The molecule has 18 nitrogen and oxygen atoms in total. The molecule has 0 bridgehead atoms. The predicted octanol–water partition coefficient (Wildman–Crippen LogP) is -1.66. The first kappa shape index (κ1) is 25.8. The average molecular weight is 530 g/mol. The lowest BCUT2D eigenvalue weighted by atomic mass is 9.92. The molecule has 0 spiro atoms. The van der Waals surface area contributed by atoms with E-state index in [1.807, 2.05) is 0 Å². The largest absolute Gasteiger partial charge is 0.490 e. The lowest BCUT2D eigenvalue weighted by Gasteiger charge is -2.27. The number of nitrogen functional groups attached to an aromatic ring is 1. The van der Waals surface area contributed by atoms with Crippen LogP contribution >= 0.6 is 23.5 Å². The Morgan fingerprint density at radius 2 is 1.88 bits per heavy atom. The normalized spacial score (nSPS) is 29.4. The van der Waals surface area contributed by atoms with E-state index in [1.54, 1.807) is 0 Å². The fraction of sp³-hybridized carbons (Fsp3) is 0.417. The van der Waals surface area contributed by atoms with Crippen LogP contribution in [0.3, 0.4) is 0 Å². The molecular formula is C12H17N6O12P3. The smallest absolute Gasteiger partial charge is 0.387 e. The number of nitrogens with zero attached hydrogens (tertiary/aromatic N) is 4. The number of aliphatic hydroxyl groups is 1. The van der Waals surface area contributed by atoms with Crippen molar-refractivity contribution in [1.29, 1.82) is 0 Å². The van der Waals surface area contributed by atoms with Crippen LogP contribution in [-0.2, 0) is 31.6 Å². The number of terminal acetylenes is 1. The van der Waals surface area contributed by atoms with Gasteiger partial charge in [0.2, 0.25) is 5.95 Å². The Balaban J connectivity index is 1.79. The zero-order chi connectivity index (χ0) is 24.8. The lowest BCUT2D eigenvalue weighted by molar-refractivity contribution is -0.0438. The van der Waals surface area contributed by atoms with Crippen LogP contribution < -0.4 is 11.5 Å². The Bertz CT molecular complexity index is 1240. The number of aliphatic hydroxyl groups excluding tert-OH is 1. The molecule has 9 N–H and O–H groups in total. The molecule has 182 valence electrons. The molecule has 0 aromatic carbocycles. The van der Waals surface area contributed by atoms with Gasteiger partial charge in [0.25, 0.3) is 0 Å². The van der Waals surface area contributed by atoms with Gasteiger partial charge in [-0.25, -0.2) is 23.7 Å². The first-order valence-corrected chi connectivity index (χ1v) is 12.9. The van der Waals surface area contributed by atoms with Crippen LogP contribution in [0, 0.1) is 12.3 Å². The zero-order valence-corrected chi connectivity index (χ0v) is 18.7. The lowest BCUT2D eigenvalue weighted by Crippen LogP contribution is -2.53. The van der Waals surface area contributed by atoms with E-state index in [0.29, 0.717) is 0 Å².